The lowest BCUT2D eigenvalue weighted by Gasteiger charge is -2.09. The number of H-pyrrole nitrogens is 1. The molecule has 0 fully saturated rings. The molecule has 1 N–H and O–H groups in total. The first-order valence-electron chi connectivity index (χ1n) is 7.51. The number of thiophene rings is 1. The average molecular weight is 345 g/mol. The quantitative estimate of drug-likeness (QED) is 0.497. The Bertz CT molecular complexity index is 753. The van der Waals surface area contributed by atoms with Gasteiger partial charge in [-0.3, -0.25) is 5.10 Å². The summed E-state index contributed by atoms with van der Waals surface area (Å²) in [4.78, 5) is 5.61. The fraction of sp³-hybridized carbons (Fsp3) is 0.294. The first kappa shape index (κ1) is 16.1. The Hall–Kier alpha value is -1.79. The highest BCUT2D eigenvalue weighted by Gasteiger charge is 2.07. The monoisotopic (exact) mass is 345 g/mol. The van der Waals surface area contributed by atoms with Crippen molar-refractivity contribution in [1.82, 2.24) is 15.2 Å². The van der Waals surface area contributed by atoms with Gasteiger partial charge in [0.1, 0.15) is 5.75 Å². The number of hydrogen-bond donors (Lipinski definition) is 1. The summed E-state index contributed by atoms with van der Waals surface area (Å²) >= 11 is 3.31. The van der Waals surface area contributed by atoms with Crippen LogP contribution < -0.4 is 4.74 Å². The molecule has 0 radical (unpaired) electrons. The molecular weight excluding hydrogens is 326 g/mol. The largest absolute Gasteiger partial charge is 0.493 e. The second kappa shape index (κ2) is 7.66. The fourth-order valence-electron chi connectivity index (χ4n) is 2.10. The van der Waals surface area contributed by atoms with Crippen LogP contribution in [0.4, 0.5) is 0 Å². The number of hydrogen-bond acceptors (Lipinski definition) is 5. The second-order valence-corrected chi connectivity index (χ2v) is 7.27. The molecule has 0 unspecified atom stereocenters. The highest BCUT2D eigenvalue weighted by atomic mass is 32.2. The van der Waals surface area contributed by atoms with E-state index in [4.69, 9.17) is 4.74 Å². The van der Waals surface area contributed by atoms with E-state index >= 15 is 0 Å². The van der Waals surface area contributed by atoms with Crippen LogP contribution in [0.3, 0.4) is 0 Å². The van der Waals surface area contributed by atoms with E-state index in [1.165, 1.54) is 11.1 Å². The molecule has 2 aromatic heterocycles. The summed E-state index contributed by atoms with van der Waals surface area (Å²) in [6.07, 6.45) is 0.959. The number of aryl methyl sites for hydroxylation is 2. The first-order valence-corrected chi connectivity index (χ1v) is 9.38. The zero-order chi connectivity index (χ0) is 16.1. The van der Waals surface area contributed by atoms with E-state index < -0.39 is 0 Å². The van der Waals surface area contributed by atoms with E-state index in [-0.39, 0.29) is 0 Å². The van der Waals surface area contributed by atoms with Crippen molar-refractivity contribution in [3.05, 3.63) is 46.8 Å². The summed E-state index contributed by atoms with van der Waals surface area (Å²) in [7, 11) is 0. The Labute approximate surface area is 144 Å². The van der Waals surface area contributed by atoms with E-state index in [1.54, 1.807) is 23.1 Å². The van der Waals surface area contributed by atoms with Crippen LogP contribution in [0.15, 0.2) is 40.9 Å². The molecule has 0 bridgehead atoms. The van der Waals surface area contributed by atoms with Crippen LogP contribution >= 0.6 is 23.1 Å². The SMILES string of the molecule is Cc1ccc(C)c(OCCCSc2n[nH]c(-c3cccs3)n2)c1. The lowest BCUT2D eigenvalue weighted by atomic mass is 10.1. The van der Waals surface area contributed by atoms with Gasteiger partial charge in [-0.05, 0) is 48.9 Å². The molecule has 120 valence electrons. The van der Waals surface area contributed by atoms with E-state index in [1.807, 2.05) is 17.5 Å². The zero-order valence-electron chi connectivity index (χ0n) is 13.2. The van der Waals surface area contributed by atoms with Crippen molar-refractivity contribution in [2.45, 2.75) is 25.4 Å². The topological polar surface area (TPSA) is 50.8 Å². The number of ether oxygens (including phenoxy) is 1. The Morgan fingerprint density at radius 2 is 2.17 bits per heavy atom. The Morgan fingerprint density at radius 1 is 1.26 bits per heavy atom. The molecule has 0 saturated carbocycles. The molecule has 2 heterocycles. The van der Waals surface area contributed by atoms with Gasteiger partial charge in [0.05, 0.1) is 11.5 Å². The van der Waals surface area contributed by atoms with Crippen LogP contribution in [0.2, 0.25) is 0 Å². The summed E-state index contributed by atoms with van der Waals surface area (Å²) in [5, 5.41) is 10.1. The molecule has 0 aliphatic rings. The maximum Gasteiger partial charge on any atom is 0.208 e. The van der Waals surface area contributed by atoms with Gasteiger partial charge in [-0.1, -0.05) is 30.0 Å². The van der Waals surface area contributed by atoms with Gasteiger partial charge in [0.15, 0.2) is 5.82 Å². The van der Waals surface area contributed by atoms with Gasteiger partial charge in [0, 0.05) is 5.75 Å². The van der Waals surface area contributed by atoms with Crippen LogP contribution in [0.5, 0.6) is 5.75 Å². The molecule has 0 atom stereocenters. The maximum atomic E-state index is 5.86. The normalized spacial score (nSPS) is 10.9. The van der Waals surface area contributed by atoms with Crippen molar-refractivity contribution in [2.75, 3.05) is 12.4 Å². The summed E-state index contributed by atoms with van der Waals surface area (Å²) in [5.74, 6) is 2.76. The summed E-state index contributed by atoms with van der Waals surface area (Å²) in [5.41, 5.74) is 2.40. The van der Waals surface area contributed by atoms with E-state index in [2.05, 4.69) is 47.2 Å². The first-order chi connectivity index (χ1) is 11.2. The third kappa shape index (κ3) is 4.36. The van der Waals surface area contributed by atoms with E-state index in [0.717, 1.165) is 33.8 Å². The second-order valence-electron chi connectivity index (χ2n) is 5.26. The van der Waals surface area contributed by atoms with Gasteiger partial charge in [-0.15, -0.1) is 16.4 Å². The number of aromatic nitrogens is 3. The standard InChI is InChI=1S/C17H19N3OS2/c1-12-6-7-13(2)14(11-12)21-8-4-10-23-17-18-16(19-20-17)15-5-3-9-22-15/h3,5-7,9,11H,4,8,10H2,1-2H3,(H,18,19,20). The molecule has 0 spiro atoms. The van der Waals surface area contributed by atoms with Gasteiger partial charge in [0.2, 0.25) is 5.16 Å². The van der Waals surface area contributed by atoms with E-state index in [9.17, 15) is 0 Å². The Kier molecular flexibility index (Phi) is 5.35. The number of nitrogens with zero attached hydrogens (tertiary/aromatic N) is 2. The lowest BCUT2D eigenvalue weighted by molar-refractivity contribution is 0.316. The highest BCUT2D eigenvalue weighted by Crippen LogP contribution is 2.24. The predicted molar refractivity (Wildman–Crippen MR) is 96.4 cm³/mol. The molecule has 0 aliphatic heterocycles. The van der Waals surface area contributed by atoms with Crippen molar-refractivity contribution in [1.29, 1.82) is 0 Å². The van der Waals surface area contributed by atoms with Crippen LogP contribution in [-0.4, -0.2) is 27.5 Å². The van der Waals surface area contributed by atoms with Gasteiger partial charge in [-0.25, -0.2) is 4.98 Å². The van der Waals surface area contributed by atoms with Crippen molar-refractivity contribution in [3.8, 4) is 16.5 Å². The minimum absolute atomic E-state index is 0.708. The molecule has 0 amide bonds. The average Bonchev–Trinajstić information content (AvgIpc) is 3.21. The van der Waals surface area contributed by atoms with Crippen molar-refractivity contribution in [2.24, 2.45) is 0 Å². The summed E-state index contributed by atoms with van der Waals surface area (Å²) < 4.78 is 5.86. The highest BCUT2D eigenvalue weighted by molar-refractivity contribution is 7.99. The molecule has 3 aromatic rings. The molecule has 3 rings (SSSR count). The third-order valence-electron chi connectivity index (χ3n) is 3.34. The smallest absolute Gasteiger partial charge is 0.208 e. The van der Waals surface area contributed by atoms with Crippen LogP contribution in [0.1, 0.15) is 17.5 Å². The molecule has 1 aromatic carbocycles. The molecule has 23 heavy (non-hydrogen) atoms. The minimum Gasteiger partial charge on any atom is -0.493 e. The molecule has 6 heteroatoms. The third-order valence-corrected chi connectivity index (χ3v) is 5.15. The van der Waals surface area contributed by atoms with Crippen molar-refractivity contribution >= 4 is 23.1 Å². The number of aromatic amines is 1. The van der Waals surface area contributed by atoms with Crippen LogP contribution in [0.25, 0.3) is 10.7 Å². The molecular formula is C17H19N3OS2. The number of rotatable bonds is 7. The van der Waals surface area contributed by atoms with E-state index in [0.29, 0.717) is 6.61 Å². The maximum absolute atomic E-state index is 5.86. The van der Waals surface area contributed by atoms with Gasteiger partial charge in [-0.2, -0.15) is 0 Å². The van der Waals surface area contributed by atoms with Crippen LogP contribution in [0, 0.1) is 13.8 Å². The molecule has 4 nitrogen and oxygen atoms in total. The van der Waals surface area contributed by atoms with Gasteiger partial charge < -0.3 is 4.74 Å². The molecule has 0 aliphatic carbocycles. The molecule has 0 saturated heterocycles. The lowest BCUT2D eigenvalue weighted by Crippen LogP contribution is -2.00. The van der Waals surface area contributed by atoms with Gasteiger partial charge >= 0.3 is 0 Å². The number of nitrogens with one attached hydrogen (secondary N) is 1. The van der Waals surface area contributed by atoms with Gasteiger partial charge in [0.25, 0.3) is 0 Å². The van der Waals surface area contributed by atoms with Crippen LogP contribution in [-0.2, 0) is 0 Å². The van der Waals surface area contributed by atoms with Crippen molar-refractivity contribution in [3.63, 3.8) is 0 Å². The predicted octanol–water partition coefficient (Wildman–Crippen LogP) is 4.71. The summed E-state index contributed by atoms with van der Waals surface area (Å²) in [6.45, 7) is 4.86. The van der Waals surface area contributed by atoms with Crippen molar-refractivity contribution < 1.29 is 4.74 Å². The number of thioether (sulfide) groups is 1. The Morgan fingerprint density at radius 3 is 3.00 bits per heavy atom. The Balaban J connectivity index is 1.43. The fourth-order valence-corrected chi connectivity index (χ4v) is 3.48. The minimum atomic E-state index is 0.708. The summed E-state index contributed by atoms with van der Waals surface area (Å²) in [6, 6.07) is 10.3. The number of benzene rings is 1. The zero-order valence-corrected chi connectivity index (χ0v) is 14.8.